The maximum Gasteiger partial charge on any atom is 0.233 e. The molecule has 1 heterocycles. The summed E-state index contributed by atoms with van der Waals surface area (Å²) in [6.07, 6.45) is 7.26. The molecule has 1 aromatic heterocycles. The van der Waals surface area contributed by atoms with Crippen LogP contribution in [0.5, 0.6) is 0 Å². The first-order valence-electron chi connectivity index (χ1n) is 9.15. The molecule has 1 aliphatic rings. The maximum absolute atomic E-state index is 12.3. The van der Waals surface area contributed by atoms with Gasteiger partial charge in [-0.3, -0.25) is 9.48 Å². The number of carbonyl (C=O) groups excluding carboxylic acids is 1. The van der Waals surface area contributed by atoms with Crippen LogP contribution >= 0.6 is 0 Å². The number of benzene rings is 1. The standard InChI is InChI=1S/C20H28N4O/c1-16(17(2)24-13-7-12-23-24)21-14-19(25)22-15-20(10-6-11-20)18-8-4-3-5-9-18/h3-5,7-9,12-13,16-17,21H,6,10-11,14-15H2,1-2H3,(H,22,25)/t16-,17-/m0/s1. The molecule has 1 aliphatic carbocycles. The second kappa shape index (κ2) is 7.83. The smallest absolute Gasteiger partial charge is 0.233 e. The van der Waals surface area contributed by atoms with Crippen molar-refractivity contribution < 1.29 is 4.79 Å². The van der Waals surface area contributed by atoms with Crippen LogP contribution in [0.3, 0.4) is 0 Å². The molecule has 1 fully saturated rings. The second-order valence-corrected chi connectivity index (χ2v) is 7.17. The Morgan fingerprint density at radius 1 is 1.24 bits per heavy atom. The molecule has 5 heteroatoms. The number of hydrogen-bond donors (Lipinski definition) is 2. The topological polar surface area (TPSA) is 59.0 Å². The summed E-state index contributed by atoms with van der Waals surface area (Å²) >= 11 is 0. The van der Waals surface area contributed by atoms with Crippen LogP contribution in [-0.2, 0) is 10.2 Å². The van der Waals surface area contributed by atoms with Gasteiger partial charge in [-0.25, -0.2) is 0 Å². The fourth-order valence-electron chi connectivity index (χ4n) is 3.47. The third-order valence-electron chi connectivity index (χ3n) is 5.57. The summed E-state index contributed by atoms with van der Waals surface area (Å²) in [6, 6.07) is 12.8. The molecule has 1 aromatic carbocycles. The van der Waals surface area contributed by atoms with E-state index in [0.29, 0.717) is 6.54 Å². The maximum atomic E-state index is 12.3. The lowest BCUT2D eigenvalue weighted by molar-refractivity contribution is -0.120. The van der Waals surface area contributed by atoms with E-state index in [-0.39, 0.29) is 23.4 Å². The minimum absolute atomic E-state index is 0.0571. The number of hydrogen-bond acceptors (Lipinski definition) is 3. The van der Waals surface area contributed by atoms with Gasteiger partial charge in [0.05, 0.1) is 12.6 Å². The zero-order valence-corrected chi connectivity index (χ0v) is 15.1. The average Bonchev–Trinajstić information content (AvgIpc) is 3.13. The molecule has 0 spiro atoms. The first-order chi connectivity index (χ1) is 12.1. The quantitative estimate of drug-likeness (QED) is 0.777. The van der Waals surface area contributed by atoms with Gasteiger partial charge in [0.15, 0.2) is 0 Å². The number of amides is 1. The van der Waals surface area contributed by atoms with Crippen molar-refractivity contribution in [2.45, 2.75) is 50.6 Å². The molecule has 0 aliphatic heterocycles. The summed E-state index contributed by atoms with van der Waals surface area (Å²) in [4.78, 5) is 12.3. The van der Waals surface area contributed by atoms with Crippen LogP contribution in [-0.4, -0.2) is 34.8 Å². The summed E-state index contributed by atoms with van der Waals surface area (Å²) in [5.41, 5.74) is 1.47. The van der Waals surface area contributed by atoms with Crippen molar-refractivity contribution in [3.05, 3.63) is 54.4 Å². The average molecular weight is 340 g/mol. The highest BCUT2D eigenvalue weighted by molar-refractivity contribution is 5.78. The Hall–Kier alpha value is -2.14. The molecule has 1 amide bonds. The number of aromatic nitrogens is 2. The van der Waals surface area contributed by atoms with Gasteiger partial charge in [-0.15, -0.1) is 0 Å². The normalized spacial score (nSPS) is 18.2. The van der Waals surface area contributed by atoms with Gasteiger partial charge in [-0.1, -0.05) is 36.8 Å². The third-order valence-corrected chi connectivity index (χ3v) is 5.57. The van der Waals surface area contributed by atoms with E-state index in [0.717, 1.165) is 19.4 Å². The van der Waals surface area contributed by atoms with Crippen molar-refractivity contribution in [1.82, 2.24) is 20.4 Å². The molecule has 2 aromatic rings. The van der Waals surface area contributed by atoms with Gasteiger partial charge in [-0.2, -0.15) is 5.10 Å². The van der Waals surface area contributed by atoms with E-state index in [4.69, 9.17) is 0 Å². The molecule has 0 unspecified atom stereocenters. The summed E-state index contributed by atoms with van der Waals surface area (Å²) in [6.45, 7) is 5.23. The van der Waals surface area contributed by atoms with E-state index in [9.17, 15) is 4.79 Å². The molecule has 0 bridgehead atoms. The lowest BCUT2D eigenvalue weighted by Crippen LogP contribution is -2.48. The molecule has 0 saturated heterocycles. The minimum Gasteiger partial charge on any atom is -0.354 e. The predicted molar refractivity (Wildman–Crippen MR) is 99.4 cm³/mol. The van der Waals surface area contributed by atoms with Crippen LogP contribution in [0.1, 0.15) is 44.7 Å². The van der Waals surface area contributed by atoms with Crippen molar-refractivity contribution in [3.63, 3.8) is 0 Å². The summed E-state index contributed by atoms with van der Waals surface area (Å²) in [5, 5.41) is 10.7. The molecule has 3 rings (SSSR count). The van der Waals surface area contributed by atoms with Crippen molar-refractivity contribution in [2.75, 3.05) is 13.1 Å². The number of carbonyl (C=O) groups is 1. The Bertz CT molecular complexity index is 664. The monoisotopic (exact) mass is 340 g/mol. The number of rotatable bonds is 8. The van der Waals surface area contributed by atoms with E-state index >= 15 is 0 Å². The van der Waals surface area contributed by atoms with Gasteiger partial charge in [0, 0.05) is 30.4 Å². The summed E-state index contributed by atoms with van der Waals surface area (Å²) in [5.74, 6) is 0.0571. The van der Waals surface area contributed by atoms with Gasteiger partial charge in [-0.05, 0) is 38.3 Å². The van der Waals surface area contributed by atoms with Gasteiger partial charge < -0.3 is 10.6 Å². The Labute approximate surface area is 149 Å². The van der Waals surface area contributed by atoms with Crippen LogP contribution in [0.25, 0.3) is 0 Å². The predicted octanol–water partition coefficient (Wildman–Crippen LogP) is 2.66. The van der Waals surface area contributed by atoms with E-state index in [1.54, 1.807) is 6.20 Å². The van der Waals surface area contributed by atoms with Crippen molar-refractivity contribution in [2.24, 2.45) is 0 Å². The van der Waals surface area contributed by atoms with E-state index < -0.39 is 0 Å². The van der Waals surface area contributed by atoms with Gasteiger partial charge in [0.2, 0.25) is 5.91 Å². The second-order valence-electron chi connectivity index (χ2n) is 7.17. The zero-order chi connectivity index (χ0) is 17.7. The highest BCUT2D eigenvalue weighted by Crippen LogP contribution is 2.43. The van der Waals surface area contributed by atoms with Gasteiger partial charge in [0.1, 0.15) is 0 Å². The SMILES string of the molecule is C[C@H](NCC(=O)NCC1(c2ccccc2)CCC1)[C@H](C)n1cccn1. The van der Waals surface area contributed by atoms with Crippen LogP contribution in [0.2, 0.25) is 0 Å². The summed E-state index contributed by atoms with van der Waals surface area (Å²) in [7, 11) is 0. The molecule has 2 atom stereocenters. The van der Waals surface area contributed by atoms with Gasteiger partial charge in [0.25, 0.3) is 0 Å². The van der Waals surface area contributed by atoms with Crippen LogP contribution < -0.4 is 10.6 Å². The Morgan fingerprint density at radius 2 is 2.00 bits per heavy atom. The van der Waals surface area contributed by atoms with E-state index in [1.807, 2.05) is 23.0 Å². The Balaban J connectivity index is 1.46. The molecule has 25 heavy (non-hydrogen) atoms. The fourth-order valence-corrected chi connectivity index (χ4v) is 3.47. The molecule has 134 valence electrons. The largest absolute Gasteiger partial charge is 0.354 e. The molecular weight excluding hydrogens is 312 g/mol. The summed E-state index contributed by atoms with van der Waals surface area (Å²) < 4.78 is 1.91. The highest BCUT2D eigenvalue weighted by atomic mass is 16.1. The lowest BCUT2D eigenvalue weighted by Gasteiger charge is -2.42. The van der Waals surface area contributed by atoms with Crippen LogP contribution in [0.4, 0.5) is 0 Å². The first kappa shape index (κ1) is 17.7. The van der Waals surface area contributed by atoms with Crippen molar-refractivity contribution in [1.29, 1.82) is 0 Å². The molecule has 2 N–H and O–H groups in total. The molecule has 0 radical (unpaired) electrons. The van der Waals surface area contributed by atoms with E-state index in [2.05, 4.69) is 53.8 Å². The highest BCUT2D eigenvalue weighted by Gasteiger charge is 2.38. The number of nitrogens with one attached hydrogen (secondary N) is 2. The minimum atomic E-state index is 0.0571. The van der Waals surface area contributed by atoms with Crippen LogP contribution in [0, 0.1) is 0 Å². The zero-order valence-electron chi connectivity index (χ0n) is 15.1. The molecular formula is C20H28N4O. The third kappa shape index (κ3) is 4.10. The molecule has 5 nitrogen and oxygen atoms in total. The Morgan fingerprint density at radius 3 is 2.60 bits per heavy atom. The lowest BCUT2D eigenvalue weighted by atomic mass is 9.64. The number of nitrogens with zero attached hydrogens (tertiary/aromatic N) is 2. The van der Waals surface area contributed by atoms with Crippen molar-refractivity contribution in [3.8, 4) is 0 Å². The Kier molecular flexibility index (Phi) is 5.53. The molecule has 1 saturated carbocycles. The fraction of sp³-hybridized carbons (Fsp3) is 0.500. The van der Waals surface area contributed by atoms with Crippen molar-refractivity contribution >= 4 is 5.91 Å². The first-order valence-corrected chi connectivity index (χ1v) is 9.15. The van der Waals surface area contributed by atoms with Gasteiger partial charge >= 0.3 is 0 Å². The van der Waals surface area contributed by atoms with E-state index in [1.165, 1.54) is 12.0 Å². The van der Waals surface area contributed by atoms with Crippen LogP contribution in [0.15, 0.2) is 48.8 Å².